The minimum Gasteiger partial charge on any atom is -0.488 e. The molecule has 0 atom stereocenters. The number of halogens is 2. The lowest BCUT2D eigenvalue weighted by Crippen LogP contribution is -2.19. The molecule has 0 radical (unpaired) electrons. The molecule has 2 heterocycles. The summed E-state index contributed by atoms with van der Waals surface area (Å²) in [4.78, 5) is 23.2. The van der Waals surface area contributed by atoms with Crippen molar-refractivity contribution < 1.29 is 18.3 Å². The van der Waals surface area contributed by atoms with Crippen LogP contribution in [0.1, 0.15) is 23.2 Å². The van der Waals surface area contributed by atoms with Crippen LogP contribution in [0.2, 0.25) is 0 Å². The highest BCUT2D eigenvalue weighted by atomic mass is 19.2. The lowest BCUT2D eigenvalue weighted by atomic mass is 10.1. The minimum atomic E-state index is -1.14. The van der Waals surface area contributed by atoms with Gasteiger partial charge in [0, 0.05) is 18.2 Å². The molecule has 1 aromatic carbocycles. The van der Waals surface area contributed by atoms with Crippen molar-refractivity contribution in [1.29, 1.82) is 0 Å². The monoisotopic (exact) mass is 291 g/mol. The Balaban J connectivity index is 2.15. The number of aromatic nitrogens is 1. The van der Waals surface area contributed by atoms with Gasteiger partial charge in [-0.2, -0.15) is 4.39 Å². The first-order valence-electron chi connectivity index (χ1n) is 6.68. The molecule has 4 rings (SSSR count). The second kappa shape index (κ2) is 3.90. The van der Waals surface area contributed by atoms with Crippen LogP contribution >= 0.6 is 0 Å². The molecule has 2 aliphatic rings. The molecule has 1 aromatic heterocycles. The fourth-order valence-corrected chi connectivity index (χ4v) is 2.95. The number of aldehydes is 1. The van der Waals surface area contributed by atoms with Gasteiger partial charge in [0.15, 0.2) is 23.3 Å². The van der Waals surface area contributed by atoms with Crippen LogP contribution in [0.4, 0.5) is 8.78 Å². The molecular weight excluding hydrogens is 280 g/mol. The smallest absolute Gasteiger partial charge is 0.202 e. The van der Waals surface area contributed by atoms with Gasteiger partial charge in [-0.25, -0.2) is 4.39 Å². The third-order valence-electron chi connectivity index (χ3n) is 4.35. The summed E-state index contributed by atoms with van der Waals surface area (Å²) < 4.78 is 34.9. The van der Waals surface area contributed by atoms with Crippen LogP contribution in [0.15, 0.2) is 17.1 Å². The Morgan fingerprint density at radius 2 is 2.10 bits per heavy atom. The van der Waals surface area contributed by atoms with Gasteiger partial charge in [0.05, 0.1) is 23.1 Å². The second-order valence-corrected chi connectivity index (χ2v) is 5.85. The normalized spacial score (nSPS) is 18.4. The molecule has 1 spiro atoms. The van der Waals surface area contributed by atoms with E-state index in [1.165, 1.54) is 6.20 Å². The number of carbonyl (C=O) groups is 1. The molecule has 0 amide bonds. The van der Waals surface area contributed by atoms with Gasteiger partial charge in [0.1, 0.15) is 0 Å². The Kier molecular flexibility index (Phi) is 2.32. The van der Waals surface area contributed by atoms with E-state index in [1.807, 2.05) is 0 Å². The van der Waals surface area contributed by atoms with Gasteiger partial charge in [-0.1, -0.05) is 0 Å². The van der Waals surface area contributed by atoms with E-state index >= 15 is 0 Å². The van der Waals surface area contributed by atoms with Crippen molar-refractivity contribution in [3.8, 4) is 5.75 Å². The summed E-state index contributed by atoms with van der Waals surface area (Å²) in [6.07, 6.45) is 3.70. The number of pyridine rings is 1. The number of hydrogen-bond donors (Lipinski definition) is 0. The summed E-state index contributed by atoms with van der Waals surface area (Å²) in [5, 5.41) is -0.0220. The van der Waals surface area contributed by atoms with Gasteiger partial charge >= 0.3 is 0 Å². The first-order chi connectivity index (χ1) is 10.0. The molecule has 1 saturated carbocycles. The third-order valence-corrected chi connectivity index (χ3v) is 4.35. The van der Waals surface area contributed by atoms with Crippen LogP contribution in [-0.4, -0.2) is 17.5 Å². The van der Waals surface area contributed by atoms with E-state index < -0.39 is 17.1 Å². The Morgan fingerprint density at radius 3 is 2.76 bits per heavy atom. The highest BCUT2D eigenvalue weighted by Crippen LogP contribution is 2.50. The van der Waals surface area contributed by atoms with Crippen molar-refractivity contribution in [2.75, 3.05) is 6.61 Å². The number of hydrogen-bond acceptors (Lipinski definition) is 3. The summed E-state index contributed by atoms with van der Waals surface area (Å²) in [6, 6.07) is 0.842. The van der Waals surface area contributed by atoms with Crippen LogP contribution in [0, 0.1) is 17.0 Å². The van der Waals surface area contributed by atoms with Crippen molar-refractivity contribution in [3.05, 3.63) is 39.7 Å². The fourth-order valence-electron chi connectivity index (χ4n) is 2.95. The molecule has 2 aromatic rings. The van der Waals surface area contributed by atoms with Crippen LogP contribution in [0.25, 0.3) is 10.9 Å². The molecule has 108 valence electrons. The largest absolute Gasteiger partial charge is 0.488 e. The zero-order chi connectivity index (χ0) is 14.8. The van der Waals surface area contributed by atoms with E-state index in [1.54, 1.807) is 4.57 Å². The molecular formula is C15H11F2NO3. The van der Waals surface area contributed by atoms with E-state index in [0.29, 0.717) is 12.8 Å². The minimum absolute atomic E-state index is 0.0220. The van der Waals surface area contributed by atoms with Gasteiger partial charge in [0.2, 0.25) is 5.82 Å². The third kappa shape index (κ3) is 1.65. The van der Waals surface area contributed by atoms with Gasteiger partial charge in [-0.3, -0.25) is 9.59 Å². The number of rotatable bonds is 1. The maximum atomic E-state index is 14.0. The summed E-state index contributed by atoms with van der Waals surface area (Å²) >= 11 is 0. The van der Waals surface area contributed by atoms with Crippen molar-refractivity contribution in [2.45, 2.75) is 19.4 Å². The van der Waals surface area contributed by atoms with E-state index in [9.17, 15) is 18.4 Å². The maximum absolute atomic E-state index is 14.0. The lowest BCUT2D eigenvalue weighted by Gasteiger charge is -2.14. The number of carbonyl (C=O) groups excluding carboxylic acids is 1. The zero-order valence-electron chi connectivity index (χ0n) is 11.0. The summed E-state index contributed by atoms with van der Waals surface area (Å²) in [5.41, 5.74) is -0.540. The summed E-state index contributed by atoms with van der Waals surface area (Å²) in [7, 11) is 0. The van der Waals surface area contributed by atoms with Crippen LogP contribution in [0.5, 0.6) is 5.75 Å². The van der Waals surface area contributed by atoms with Crippen molar-refractivity contribution >= 4 is 17.2 Å². The lowest BCUT2D eigenvalue weighted by molar-refractivity contribution is 0.112. The van der Waals surface area contributed by atoms with Gasteiger partial charge in [-0.05, 0) is 18.9 Å². The predicted molar refractivity (Wildman–Crippen MR) is 70.7 cm³/mol. The first kappa shape index (κ1) is 12.5. The van der Waals surface area contributed by atoms with E-state index in [0.717, 1.165) is 18.9 Å². The van der Waals surface area contributed by atoms with Gasteiger partial charge in [0.25, 0.3) is 0 Å². The quantitative estimate of drug-likeness (QED) is 0.757. The van der Waals surface area contributed by atoms with Crippen LogP contribution in [-0.2, 0) is 6.54 Å². The zero-order valence-corrected chi connectivity index (χ0v) is 11.0. The average molecular weight is 291 g/mol. The molecule has 1 aliphatic carbocycles. The van der Waals surface area contributed by atoms with Crippen LogP contribution in [0.3, 0.4) is 0 Å². The summed E-state index contributed by atoms with van der Waals surface area (Å²) in [5.74, 6) is -2.47. The molecule has 0 saturated heterocycles. The molecule has 0 unspecified atom stereocenters. The molecule has 4 nitrogen and oxygen atoms in total. The Hall–Kier alpha value is -2.24. The van der Waals surface area contributed by atoms with Crippen molar-refractivity contribution in [2.24, 2.45) is 5.41 Å². The summed E-state index contributed by atoms with van der Waals surface area (Å²) in [6.45, 7) is 0.817. The van der Waals surface area contributed by atoms with E-state index in [4.69, 9.17) is 4.74 Å². The maximum Gasteiger partial charge on any atom is 0.202 e. The average Bonchev–Trinajstić information content (AvgIpc) is 3.25. The van der Waals surface area contributed by atoms with Gasteiger partial charge in [-0.15, -0.1) is 0 Å². The molecule has 21 heavy (non-hydrogen) atoms. The van der Waals surface area contributed by atoms with Crippen molar-refractivity contribution in [3.63, 3.8) is 0 Å². The molecule has 0 bridgehead atoms. The Morgan fingerprint density at radius 1 is 1.33 bits per heavy atom. The first-order valence-corrected chi connectivity index (χ1v) is 6.68. The fraction of sp³-hybridized carbons (Fsp3) is 0.333. The number of nitrogens with zero attached hydrogens (tertiary/aromatic N) is 1. The van der Waals surface area contributed by atoms with Crippen molar-refractivity contribution in [1.82, 2.24) is 4.57 Å². The molecule has 1 aliphatic heterocycles. The Labute approximate surface area is 117 Å². The van der Waals surface area contributed by atoms with E-state index in [2.05, 4.69) is 0 Å². The standard InChI is InChI=1S/C15H11F2NO3/c16-10-3-9-12-14(11(10)17)21-7-15(1-2-15)6-18(12)4-8(5-19)13(9)20/h3-5H,1-2,6-7H2. The predicted octanol–water partition coefficient (Wildman–Crippen LogP) is 2.26. The topological polar surface area (TPSA) is 48.3 Å². The Bertz CT molecular complexity index is 852. The SMILES string of the molecule is O=Cc1cn2c3c(c(F)c(F)cc3c1=O)OCC1(CC1)C2. The van der Waals surface area contributed by atoms with E-state index in [-0.39, 0.29) is 34.2 Å². The van der Waals surface area contributed by atoms with Gasteiger partial charge < -0.3 is 9.30 Å². The number of benzene rings is 1. The highest BCUT2D eigenvalue weighted by molar-refractivity contribution is 5.90. The molecule has 6 heteroatoms. The van der Waals surface area contributed by atoms with Crippen LogP contribution < -0.4 is 10.2 Å². The number of ether oxygens (including phenoxy) is 1. The highest BCUT2D eigenvalue weighted by Gasteiger charge is 2.46. The second-order valence-electron chi connectivity index (χ2n) is 5.85. The molecule has 1 fully saturated rings. The molecule has 0 N–H and O–H groups in total.